The van der Waals surface area contributed by atoms with E-state index in [1.807, 2.05) is 17.7 Å². The molecular formula is C12H12N4O2S. The van der Waals surface area contributed by atoms with Crippen LogP contribution in [0.3, 0.4) is 0 Å². The molecule has 0 saturated heterocycles. The van der Waals surface area contributed by atoms with Crippen LogP contribution in [0.4, 0.5) is 0 Å². The molecule has 0 aliphatic rings. The maximum atomic E-state index is 11.9. The maximum Gasteiger partial charge on any atom is 0.329 e. The van der Waals surface area contributed by atoms with Crippen molar-refractivity contribution in [2.75, 3.05) is 0 Å². The Hall–Kier alpha value is -2.15. The molecule has 6 nitrogen and oxygen atoms in total. The van der Waals surface area contributed by atoms with Crippen LogP contribution in [0, 0.1) is 6.92 Å². The number of hydrogen-bond acceptors (Lipinski definition) is 4. The molecule has 3 aromatic heterocycles. The van der Waals surface area contributed by atoms with Gasteiger partial charge in [-0.2, -0.15) is 11.3 Å². The van der Waals surface area contributed by atoms with Gasteiger partial charge in [0, 0.05) is 25.0 Å². The Balaban J connectivity index is 2.49. The summed E-state index contributed by atoms with van der Waals surface area (Å²) in [6.07, 6.45) is 0. The summed E-state index contributed by atoms with van der Waals surface area (Å²) in [4.78, 5) is 30.2. The zero-order chi connectivity index (χ0) is 13.7. The van der Waals surface area contributed by atoms with E-state index in [4.69, 9.17) is 0 Å². The quantitative estimate of drug-likeness (QED) is 0.720. The lowest BCUT2D eigenvalue weighted by molar-refractivity contribution is 0.829. The summed E-state index contributed by atoms with van der Waals surface area (Å²) in [5.41, 5.74) is 2.02. The number of nitrogens with one attached hydrogen (secondary N) is 1. The monoisotopic (exact) mass is 276 g/mol. The van der Waals surface area contributed by atoms with E-state index in [2.05, 4.69) is 9.97 Å². The van der Waals surface area contributed by atoms with Crippen molar-refractivity contribution in [3.8, 4) is 11.4 Å². The Bertz CT molecular complexity index is 897. The van der Waals surface area contributed by atoms with Crippen LogP contribution in [0.15, 0.2) is 20.3 Å². The topological polar surface area (TPSA) is 72.7 Å². The third-order valence-electron chi connectivity index (χ3n) is 3.23. The van der Waals surface area contributed by atoms with Crippen molar-refractivity contribution in [2.45, 2.75) is 6.92 Å². The van der Waals surface area contributed by atoms with Crippen molar-refractivity contribution in [1.82, 2.24) is 19.1 Å². The van der Waals surface area contributed by atoms with Crippen molar-refractivity contribution >= 4 is 22.5 Å². The zero-order valence-corrected chi connectivity index (χ0v) is 11.5. The lowest BCUT2D eigenvalue weighted by atomic mass is 10.2. The summed E-state index contributed by atoms with van der Waals surface area (Å²) >= 11 is 1.58. The average molecular weight is 276 g/mol. The highest BCUT2D eigenvalue weighted by atomic mass is 32.1. The van der Waals surface area contributed by atoms with E-state index >= 15 is 0 Å². The van der Waals surface area contributed by atoms with E-state index in [0.29, 0.717) is 17.0 Å². The van der Waals surface area contributed by atoms with Gasteiger partial charge in [0.1, 0.15) is 5.82 Å². The van der Waals surface area contributed by atoms with Crippen molar-refractivity contribution in [1.29, 1.82) is 0 Å². The van der Waals surface area contributed by atoms with E-state index < -0.39 is 11.2 Å². The van der Waals surface area contributed by atoms with Gasteiger partial charge in [-0.3, -0.25) is 14.3 Å². The highest BCUT2D eigenvalue weighted by molar-refractivity contribution is 7.08. The molecule has 0 aliphatic heterocycles. The van der Waals surface area contributed by atoms with Gasteiger partial charge in [0.05, 0.1) is 0 Å². The summed E-state index contributed by atoms with van der Waals surface area (Å²) in [5.74, 6) is 0.695. The zero-order valence-electron chi connectivity index (χ0n) is 10.7. The third-order valence-corrected chi connectivity index (χ3v) is 4.09. The molecule has 19 heavy (non-hydrogen) atoms. The van der Waals surface area contributed by atoms with Gasteiger partial charge < -0.3 is 4.57 Å². The Labute approximate surface area is 112 Å². The molecule has 7 heteroatoms. The fourth-order valence-corrected chi connectivity index (χ4v) is 2.97. The molecule has 0 bridgehead atoms. The molecule has 1 N–H and O–H groups in total. The first-order chi connectivity index (χ1) is 9.00. The second-order valence-corrected chi connectivity index (χ2v) is 5.20. The fourth-order valence-electron chi connectivity index (χ4n) is 2.14. The number of hydrogen-bond donors (Lipinski definition) is 1. The SMILES string of the molecule is Cc1cscc1-c1nc2c(c(=O)[nH]c(=O)n2C)n1C. The van der Waals surface area contributed by atoms with Crippen LogP contribution in [0.5, 0.6) is 0 Å². The molecule has 3 rings (SSSR count). The number of H-pyrrole nitrogens is 1. The maximum absolute atomic E-state index is 11.9. The lowest BCUT2D eigenvalue weighted by Crippen LogP contribution is -2.29. The third kappa shape index (κ3) is 1.58. The molecule has 0 aromatic carbocycles. The van der Waals surface area contributed by atoms with Gasteiger partial charge >= 0.3 is 5.69 Å². The minimum absolute atomic E-state index is 0.400. The molecule has 3 aromatic rings. The fraction of sp³-hybridized carbons (Fsp3) is 0.250. The van der Waals surface area contributed by atoms with Crippen LogP contribution in [-0.4, -0.2) is 19.1 Å². The molecule has 0 spiro atoms. The smallest absolute Gasteiger partial charge is 0.321 e. The summed E-state index contributed by atoms with van der Waals surface area (Å²) in [6.45, 7) is 1.99. The van der Waals surface area contributed by atoms with Crippen molar-refractivity contribution in [3.05, 3.63) is 37.2 Å². The average Bonchev–Trinajstić information content (AvgIpc) is 2.90. The number of thiophene rings is 1. The van der Waals surface area contributed by atoms with Crippen LogP contribution in [0.2, 0.25) is 0 Å². The number of imidazole rings is 1. The highest BCUT2D eigenvalue weighted by Crippen LogP contribution is 2.27. The van der Waals surface area contributed by atoms with Crippen molar-refractivity contribution < 1.29 is 0 Å². The van der Waals surface area contributed by atoms with Gasteiger partial charge in [-0.05, 0) is 17.9 Å². The molecule has 98 valence electrons. The number of aromatic nitrogens is 4. The molecule has 3 heterocycles. The Morgan fingerprint density at radius 2 is 1.95 bits per heavy atom. The molecule has 0 amide bonds. The largest absolute Gasteiger partial charge is 0.329 e. The van der Waals surface area contributed by atoms with E-state index in [1.165, 1.54) is 4.57 Å². The van der Waals surface area contributed by atoms with Gasteiger partial charge in [-0.15, -0.1) is 0 Å². The van der Waals surface area contributed by atoms with Crippen LogP contribution < -0.4 is 11.2 Å². The first kappa shape index (κ1) is 11.9. The van der Waals surface area contributed by atoms with Gasteiger partial charge in [0.2, 0.25) is 0 Å². The molecule has 0 unspecified atom stereocenters. The number of aromatic amines is 1. The summed E-state index contributed by atoms with van der Waals surface area (Å²) in [7, 11) is 3.37. The lowest BCUT2D eigenvalue weighted by Gasteiger charge is -2.00. The van der Waals surface area contributed by atoms with Crippen molar-refractivity contribution in [2.24, 2.45) is 14.1 Å². The molecule has 0 saturated carbocycles. The first-order valence-electron chi connectivity index (χ1n) is 5.69. The van der Waals surface area contributed by atoms with E-state index in [0.717, 1.165) is 11.1 Å². The Morgan fingerprint density at radius 1 is 1.21 bits per heavy atom. The normalized spacial score (nSPS) is 11.3. The molecular weight excluding hydrogens is 264 g/mol. The number of rotatable bonds is 1. The molecule has 0 aliphatic carbocycles. The van der Waals surface area contributed by atoms with Gasteiger partial charge in [0.15, 0.2) is 11.2 Å². The minimum atomic E-state index is -0.454. The van der Waals surface area contributed by atoms with E-state index in [1.54, 1.807) is 30.0 Å². The summed E-state index contributed by atoms with van der Waals surface area (Å²) in [5, 5.41) is 4.01. The van der Waals surface area contributed by atoms with Gasteiger partial charge in [-0.25, -0.2) is 9.78 Å². The van der Waals surface area contributed by atoms with Gasteiger partial charge in [0.25, 0.3) is 5.56 Å². The second kappa shape index (κ2) is 3.92. The Kier molecular flexibility index (Phi) is 2.46. The van der Waals surface area contributed by atoms with Crippen LogP contribution in [0.25, 0.3) is 22.6 Å². The van der Waals surface area contributed by atoms with Crippen LogP contribution >= 0.6 is 11.3 Å². The predicted octanol–water partition coefficient (Wildman–Crippen LogP) is 0.997. The predicted molar refractivity (Wildman–Crippen MR) is 74.6 cm³/mol. The molecule has 0 fully saturated rings. The molecule has 0 radical (unpaired) electrons. The number of nitrogens with zero attached hydrogens (tertiary/aromatic N) is 3. The highest BCUT2D eigenvalue weighted by Gasteiger charge is 2.17. The first-order valence-corrected chi connectivity index (χ1v) is 6.64. The second-order valence-electron chi connectivity index (χ2n) is 4.45. The number of fused-ring (bicyclic) bond motifs is 1. The van der Waals surface area contributed by atoms with Gasteiger partial charge in [-0.1, -0.05) is 0 Å². The Morgan fingerprint density at radius 3 is 2.58 bits per heavy atom. The van der Waals surface area contributed by atoms with Crippen LogP contribution in [0.1, 0.15) is 5.56 Å². The summed E-state index contributed by atoms with van der Waals surface area (Å²) in [6, 6.07) is 0. The van der Waals surface area contributed by atoms with E-state index in [-0.39, 0.29) is 0 Å². The van der Waals surface area contributed by atoms with Crippen molar-refractivity contribution in [3.63, 3.8) is 0 Å². The van der Waals surface area contributed by atoms with E-state index in [9.17, 15) is 9.59 Å². The number of aryl methyl sites for hydroxylation is 3. The van der Waals surface area contributed by atoms with Crippen LogP contribution in [-0.2, 0) is 14.1 Å². The standard InChI is InChI=1S/C12H12N4O2S/c1-6-4-19-5-7(6)9-13-10-8(15(9)2)11(17)14-12(18)16(10)3/h4-5H,1-3H3,(H,14,17,18). The minimum Gasteiger partial charge on any atom is -0.321 e. The summed E-state index contributed by atoms with van der Waals surface area (Å²) < 4.78 is 3.07. The molecule has 0 atom stereocenters.